The van der Waals surface area contributed by atoms with Gasteiger partial charge in [0.1, 0.15) is 11.9 Å². The van der Waals surface area contributed by atoms with E-state index in [1.165, 1.54) is 12.1 Å². The van der Waals surface area contributed by atoms with Crippen LogP contribution in [0.5, 0.6) is 0 Å². The van der Waals surface area contributed by atoms with Crippen molar-refractivity contribution < 1.29 is 14.0 Å². The molecule has 3 rings (SSSR count). The Kier molecular flexibility index (Phi) is 2.97. The maximum Gasteiger partial charge on any atom is 0.243 e. The molecule has 1 aromatic rings. The predicted molar refractivity (Wildman–Crippen MR) is 66.5 cm³/mol. The summed E-state index contributed by atoms with van der Waals surface area (Å²) < 4.78 is 13.2. The van der Waals surface area contributed by atoms with Gasteiger partial charge in [-0.25, -0.2) is 4.39 Å². The summed E-state index contributed by atoms with van der Waals surface area (Å²) in [5, 5.41) is 2.63. The number of hydrogen-bond acceptors (Lipinski definition) is 2. The molecule has 1 aliphatic heterocycles. The van der Waals surface area contributed by atoms with Crippen molar-refractivity contribution in [2.75, 3.05) is 6.54 Å². The van der Waals surface area contributed by atoms with E-state index in [4.69, 9.17) is 0 Å². The SMILES string of the molecule is O=C1NCC(=O)N(Cc2cccc(F)c2)C1C1CC1. The molecule has 1 saturated carbocycles. The standard InChI is InChI=1S/C14H15FN2O2/c15-11-3-1-2-9(6-11)8-17-12(18)7-16-14(19)13(17)10-4-5-10/h1-3,6,10,13H,4-5,7-8H2,(H,16,19). The third-order valence-electron chi connectivity index (χ3n) is 3.65. The van der Waals surface area contributed by atoms with E-state index in [9.17, 15) is 14.0 Å². The molecule has 1 N–H and O–H groups in total. The zero-order valence-electron chi connectivity index (χ0n) is 10.4. The van der Waals surface area contributed by atoms with Gasteiger partial charge in [0.05, 0.1) is 6.54 Å². The lowest BCUT2D eigenvalue weighted by Crippen LogP contribution is -2.58. The molecule has 5 heteroatoms. The first-order chi connectivity index (χ1) is 9.15. The minimum atomic E-state index is -0.385. The number of rotatable bonds is 3. The summed E-state index contributed by atoms with van der Waals surface area (Å²) in [5.41, 5.74) is 0.716. The second-order valence-electron chi connectivity index (χ2n) is 5.15. The van der Waals surface area contributed by atoms with Crippen molar-refractivity contribution in [1.29, 1.82) is 0 Å². The van der Waals surface area contributed by atoms with Crippen molar-refractivity contribution in [3.05, 3.63) is 35.6 Å². The number of halogens is 1. The molecule has 1 saturated heterocycles. The lowest BCUT2D eigenvalue weighted by atomic mass is 10.1. The van der Waals surface area contributed by atoms with Crippen LogP contribution >= 0.6 is 0 Å². The van der Waals surface area contributed by atoms with Crippen LogP contribution in [0.15, 0.2) is 24.3 Å². The highest BCUT2D eigenvalue weighted by atomic mass is 19.1. The van der Waals surface area contributed by atoms with Gasteiger partial charge in [0.15, 0.2) is 0 Å². The van der Waals surface area contributed by atoms with Crippen LogP contribution in [0.2, 0.25) is 0 Å². The largest absolute Gasteiger partial charge is 0.345 e. The molecule has 100 valence electrons. The van der Waals surface area contributed by atoms with E-state index in [-0.39, 0.29) is 36.1 Å². The normalized spacial score (nSPS) is 23.4. The molecule has 0 spiro atoms. The highest BCUT2D eigenvalue weighted by Gasteiger charge is 2.44. The Hall–Kier alpha value is -1.91. The maximum atomic E-state index is 13.2. The van der Waals surface area contributed by atoms with E-state index in [1.54, 1.807) is 17.0 Å². The Labute approximate surface area is 110 Å². The molecule has 1 heterocycles. The van der Waals surface area contributed by atoms with Gasteiger partial charge in [0.25, 0.3) is 0 Å². The second kappa shape index (κ2) is 4.64. The molecular formula is C14H15FN2O2. The van der Waals surface area contributed by atoms with Crippen molar-refractivity contribution in [2.24, 2.45) is 5.92 Å². The summed E-state index contributed by atoms with van der Waals surface area (Å²) >= 11 is 0. The number of nitrogens with zero attached hydrogens (tertiary/aromatic N) is 1. The lowest BCUT2D eigenvalue weighted by molar-refractivity contribution is -0.147. The maximum absolute atomic E-state index is 13.2. The van der Waals surface area contributed by atoms with Crippen molar-refractivity contribution in [3.63, 3.8) is 0 Å². The Balaban J connectivity index is 1.83. The van der Waals surface area contributed by atoms with E-state index < -0.39 is 0 Å². The van der Waals surface area contributed by atoms with E-state index >= 15 is 0 Å². The Morgan fingerprint density at radius 2 is 2.11 bits per heavy atom. The summed E-state index contributed by atoms with van der Waals surface area (Å²) in [7, 11) is 0. The van der Waals surface area contributed by atoms with Crippen molar-refractivity contribution in [1.82, 2.24) is 10.2 Å². The number of carbonyl (C=O) groups is 2. The molecule has 19 heavy (non-hydrogen) atoms. The first kappa shape index (κ1) is 12.1. The Morgan fingerprint density at radius 3 is 2.79 bits per heavy atom. The van der Waals surface area contributed by atoms with Crippen molar-refractivity contribution in [3.8, 4) is 0 Å². The fourth-order valence-corrected chi connectivity index (χ4v) is 2.56. The molecule has 0 aromatic heterocycles. The fraction of sp³-hybridized carbons (Fsp3) is 0.429. The monoisotopic (exact) mass is 262 g/mol. The van der Waals surface area contributed by atoms with Crippen molar-refractivity contribution in [2.45, 2.75) is 25.4 Å². The smallest absolute Gasteiger partial charge is 0.243 e. The van der Waals surface area contributed by atoms with Crippen LogP contribution in [-0.2, 0) is 16.1 Å². The van der Waals surface area contributed by atoms with Crippen LogP contribution in [0.25, 0.3) is 0 Å². The molecule has 2 amide bonds. The predicted octanol–water partition coefficient (Wildman–Crippen LogP) is 1.06. The average Bonchev–Trinajstić information content (AvgIpc) is 3.18. The number of piperazine rings is 1. The van der Waals surface area contributed by atoms with Crippen LogP contribution in [0.3, 0.4) is 0 Å². The highest BCUT2D eigenvalue weighted by Crippen LogP contribution is 2.37. The van der Waals surface area contributed by atoms with Gasteiger partial charge < -0.3 is 10.2 Å². The molecule has 1 atom stereocenters. The van der Waals surface area contributed by atoms with E-state index in [2.05, 4.69) is 5.32 Å². The number of amides is 2. The lowest BCUT2D eigenvalue weighted by Gasteiger charge is -2.35. The first-order valence-electron chi connectivity index (χ1n) is 6.47. The van der Waals surface area contributed by atoms with Crippen LogP contribution in [0, 0.1) is 11.7 Å². The third kappa shape index (κ3) is 2.45. The van der Waals surface area contributed by atoms with Gasteiger partial charge in [-0.2, -0.15) is 0 Å². The Bertz CT molecular complexity index is 528. The van der Waals surface area contributed by atoms with Gasteiger partial charge in [-0.15, -0.1) is 0 Å². The number of carbonyl (C=O) groups excluding carboxylic acids is 2. The van der Waals surface area contributed by atoms with Gasteiger partial charge in [0.2, 0.25) is 11.8 Å². The number of hydrogen-bond donors (Lipinski definition) is 1. The average molecular weight is 262 g/mol. The molecular weight excluding hydrogens is 247 g/mol. The van der Waals surface area contributed by atoms with Gasteiger partial charge in [0, 0.05) is 6.54 Å². The summed E-state index contributed by atoms with van der Waals surface area (Å²) in [6.45, 7) is 0.336. The highest BCUT2D eigenvalue weighted by molar-refractivity contribution is 5.95. The van der Waals surface area contributed by atoms with Gasteiger partial charge in [-0.3, -0.25) is 9.59 Å². The zero-order chi connectivity index (χ0) is 13.4. The van der Waals surface area contributed by atoms with Crippen molar-refractivity contribution >= 4 is 11.8 Å². The molecule has 2 aliphatic rings. The number of nitrogens with one attached hydrogen (secondary N) is 1. The van der Waals surface area contributed by atoms with Gasteiger partial charge in [-0.05, 0) is 36.5 Å². The minimum Gasteiger partial charge on any atom is -0.345 e. The first-order valence-corrected chi connectivity index (χ1v) is 6.47. The molecule has 0 radical (unpaired) electrons. The van der Waals surface area contributed by atoms with Crippen LogP contribution < -0.4 is 5.32 Å². The molecule has 0 bridgehead atoms. The van der Waals surface area contributed by atoms with Crippen LogP contribution in [0.4, 0.5) is 4.39 Å². The minimum absolute atomic E-state index is 0.0391. The molecule has 1 aromatic carbocycles. The molecule has 2 fully saturated rings. The summed E-state index contributed by atoms with van der Waals surface area (Å²) in [5.74, 6) is -0.244. The third-order valence-corrected chi connectivity index (χ3v) is 3.65. The quantitative estimate of drug-likeness (QED) is 0.885. The van der Waals surface area contributed by atoms with Crippen LogP contribution in [0.1, 0.15) is 18.4 Å². The molecule has 1 unspecified atom stereocenters. The summed E-state index contributed by atoms with van der Waals surface area (Å²) in [6, 6.07) is 5.78. The second-order valence-corrected chi connectivity index (χ2v) is 5.15. The Morgan fingerprint density at radius 1 is 1.32 bits per heavy atom. The topological polar surface area (TPSA) is 49.4 Å². The number of benzene rings is 1. The van der Waals surface area contributed by atoms with Gasteiger partial charge >= 0.3 is 0 Å². The molecule has 4 nitrogen and oxygen atoms in total. The summed E-state index contributed by atoms with van der Waals surface area (Å²) in [4.78, 5) is 25.5. The van der Waals surface area contributed by atoms with E-state index in [1.807, 2.05) is 0 Å². The molecule has 1 aliphatic carbocycles. The summed E-state index contributed by atoms with van der Waals surface area (Å²) in [6.07, 6.45) is 1.95. The van der Waals surface area contributed by atoms with Crippen LogP contribution in [-0.4, -0.2) is 29.3 Å². The van der Waals surface area contributed by atoms with E-state index in [0.717, 1.165) is 12.8 Å². The zero-order valence-corrected chi connectivity index (χ0v) is 10.4. The van der Waals surface area contributed by atoms with E-state index in [0.29, 0.717) is 12.1 Å². The fourth-order valence-electron chi connectivity index (χ4n) is 2.56. The van der Waals surface area contributed by atoms with Gasteiger partial charge in [-0.1, -0.05) is 12.1 Å².